The van der Waals surface area contributed by atoms with Crippen molar-refractivity contribution in [2.45, 2.75) is 13.5 Å². The van der Waals surface area contributed by atoms with E-state index in [1.54, 1.807) is 29.7 Å². The van der Waals surface area contributed by atoms with E-state index in [9.17, 15) is 4.79 Å². The number of nitrogens with one attached hydrogen (secondary N) is 1. The molecule has 2 aromatic rings. The zero-order valence-corrected chi connectivity index (χ0v) is 13.3. The van der Waals surface area contributed by atoms with Gasteiger partial charge >= 0.3 is 0 Å². The first-order valence-electron chi connectivity index (χ1n) is 5.21. The van der Waals surface area contributed by atoms with Crippen LogP contribution in [0.1, 0.15) is 20.2 Å². The van der Waals surface area contributed by atoms with E-state index in [1.807, 2.05) is 13.0 Å². The van der Waals surface area contributed by atoms with Crippen molar-refractivity contribution in [3.8, 4) is 0 Å². The van der Waals surface area contributed by atoms with Crippen molar-refractivity contribution in [1.29, 1.82) is 0 Å². The lowest BCUT2D eigenvalue weighted by molar-refractivity contribution is 0.0950. The summed E-state index contributed by atoms with van der Waals surface area (Å²) in [7, 11) is 0. The highest BCUT2D eigenvalue weighted by Gasteiger charge is 2.10. The molecule has 0 spiro atoms. The molecule has 0 aliphatic heterocycles. The summed E-state index contributed by atoms with van der Waals surface area (Å²) in [6.07, 6.45) is 1.78. The third-order valence-electron chi connectivity index (χ3n) is 2.27. The number of carbonyl (C=O) groups is 1. The van der Waals surface area contributed by atoms with Gasteiger partial charge in [-0.15, -0.1) is 11.3 Å². The van der Waals surface area contributed by atoms with E-state index in [-0.39, 0.29) is 5.91 Å². The van der Waals surface area contributed by atoms with E-state index in [0.29, 0.717) is 17.1 Å². The first-order valence-corrected chi connectivity index (χ1v) is 7.48. The largest absolute Gasteiger partial charge is 0.347 e. The normalized spacial score (nSPS) is 10.4. The molecule has 0 aliphatic carbocycles. The SMILES string of the molecule is Cc1ncc(CNC(=O)c2cc(Cl)ccc2I)s1. The number of carbonyl (C=O) groups excluding carboxylic acids is 1. The average molecular weight is 393 g/mol. The Hall–Kier alpha value is -0.660. The lowest BCUT2D eigenvalue weighted by atomic mass is 10.2. The lowest BCUT2D eigenvalue weighted by Crippen LogP contribution is -2.23. The molecule has 94 valence electrons. The summed E-state index contributed by atoms with van der Waals surface area (Å²) in [6.45, 7) is 2.43. The number of hydrogen-bond acceptors (Lipinski definition) is 3. The molecule has 0 unspecified atom stereocenters. The topological polar surface area (TPSA) is 42.0 Å². The van der Waals surface area contributed by atoms with Crippen molar-refractivity contribution in [3.05, 3.63) is 48.4 Å². The Morgan fingerprint density at radius 1 is 1.56 bits per heavy atom. The molecule has 0 radical (unpaired) electrons. The smallest absolute Gasteiger partial charge is 0.252 e. The molecule has 1 heterocycles. The molecule has 18 heavy (non-hydrogen) atoms. The van der Waals surface area contributed by atoms with Crippen LogP contribution in [0.2, 0.25) is 5.02 Å². The molecule has 0 aliphatic rings. The van der Waals surface area contributed by atoms with Gasteiger partial charge in [0.25, 0.3) is 5.91 Å². The average Bonchev–Trinajstić information content (AvgIpc) is 2.75. The first kappa shape index (κ1) is 13.8. The molecule has 6 heteroatoms. The van der Waals surface area contributed by atoms with Crippen molar-refractivity contribution in [1.82, 2.24) is 10.3 Å². The second kappa shape index (κ2) is 5.99. The molecule has 3 nitrogen and oxygen atoms in total. The summed E-state index contributed by atoms with van der Waals surface area (Å²) in [5.74, 6) is -0.118. The van der Waals surface area contributed by atoms with Crippen LogP contribution in [-0.4, -0.2) is 10.9 Å². The fourth-order valence-corrected chi connectivity index (χ4v) is 2.91. The number of benzene rings is 1. The van der Waals surface area contributed by atoms with Gasteiger partial charge in [-0.1, -0.05) is 11.6 Å². The van der Waals surface area contributed by atoms with Crippen LogP contribution in [0.15, 0.2) is 24.4 Å². The number of hydrogen-bond donors (Lipinski definition) is 1. The van der Waals surface area contributed by atoms with Gasteiger partial charge in [0.1, 0.15) is 0 Å². The molecule has 1 aromatic carbocycles. The molecule has 1 aromatic heterocycles. The first-order chi connectivity index (χ1) is 8.56. The second-order valence-electron chi connectivity index (χ2n) is 3.65. The number of nitrogens with zero attached hydrogens (tertiary/aromatic N) is 1. The van der Waals surface area contributed by atoms with E-state index in [0.717, 1.165) is 13.5 Å². The van der Waals surface area contributed by atoms with Gasteiger partial charge in [-0.2, -0.15) is 0 Å². The van der Waals surface area contributed by atoms with E-state index in [4.69, 9.17) is 11.6 Å². The van der Waals surface area contributed by atoms with Crippen molar-refractivity contribution in [2.75, 3.05) is 0 Å². The zero-order valence-electron chi connectivity index (χ0n) is 9.54. The van der Waals surface area contributed by atoms with Gasteiger partial charge in [0.05, 0.1) is 17.1 Å². The maximum absolute atomic E-state index is 12.0. The zero-order chi connectivity index (χ0) is 13.1. The van der Waals surface area contributed by atoms with Crippen LogP contribution in [0, 0.1) is 10.5 Å². The summed E-state index contributed by atoms with van der Waals surface area (Å²) in [4.78, 5) is 17.2. The minimum absolute atomic E-state index is 0.118. The highest BCUT2D eigenvalue weighted by molar-refractivity contribution is 14.1. The predicted molar refractivity (Wildman–Crippen MR) is 82.2 cm³/mol. The molecule has 1 amide bonds. The predicted octanol–water partition coefficient (Wildman–Crippen LogP) is 3.64. The fourth-order valence-electron chi connectivity index (χ4n) is 1.42. The number of aryl methyl sites for hydroxylation is 1. The van der Waals surface area contributed by atoms with Crippen molar-refractivity contribution in [2.24, 2.45) is 0 Å². The Morgan fingerprint density at radius 3 is 3.00 bits per heavy atom. The number of thiazole rings is 1. The molecular formula is C12H10ClIN2OS. The Morgan fingerprint density at radius 2 is 2.33 bits per heavy atom. The number of halogens is 2. The van der Waals surface area contributed by atoms with E-state index in [1.165, 1.54) is 0 Å². The van der Waals surface area contributed by atoms with Gasteiger partial charge in [-0.25, -0.2) is 4.98 Å². The monoisotopic (exact) mass is 392 g/mol. The van der Waals surface area contributed by atoms with E-state index >= 15 is 0 Å². The van der Waals surface area contributed by atoms with Crippen LogP contribution in [-0.2, 0) is 6.54 Å². The fraction of sp³-hybridized carbons (Fsp3) is 0.167. The minimum atomic E-state index is -0.118. The molecule has 0 saturated heterocycles. The highest BCUT2D eigenvalue weighted by Crippen LogP contribution is 2.18. The highest BCUT2D eigenvalue weighted by atomic mass is 127. The van der Waals surface area contributed by atoms with Crippen LogP contribution >= 0.6 is 45.5 Å². The van der Waals surface area contributed by atoms with Gasteiger partial charge in [-0.05, 0) is 47.7 Å². The molecule has 0 saturated carbocycles. The Labute approximate surface area is 128 Å². The number of amides is 1. The summed E-state index contributed by atoms with van der Waals surface area (Å²) < 4.78 is 0.884. The lowest BCUT2D eigenvalue weighted by Gasteiger charge is -2.06. The maximum atomic E-state index is 12.0. The third-order valence-corrected chi connectivity index (χ3v) is 4.35. The van der Waals surface area contributed by atoms with Crippen molar-refractivity contribution >= 4 is 51.4 Å². The Kier molecular flexibility index (Phi) is 4.58. The standard InChI is InChI=1S/C12H10ClIN2OS/c1-7-15-5-9(18-7)6-16-12(17)10-4-8(13)2-3-11(10)14/h2-5H,6H2,1H3,(H,16,17). The quantitative estimate of drug-likeness (QED) is 0.810. The van der Waals surface area contributed by atoms with Crippen LogP contribution in [0.5, 0.6) is 0 Å². The summed E-state index contributed by atoms with van der Waals surface area (Å²) in [5.41, 5.74) is 0.601. The summed E-state index contributed by atoms with van der Waals surface area (Å²) in [6, 6.07) is 5.28. The van der Waals surface area contributed by atoms with Gasteiger partial charge in [0, 0.05) is 19.7 Å². The third kappa shape index (κ3) is 3.43. The Bertz CT molecular complexity index is 585. The Balaban J connectivity index is 2.05. The summed E-state index contributed by atoms with van der Waals surface area (Å²) in [5, 5.41) is 4.43. The van der Waals surface area contributed by atoms with Gasteiger partial charge in [0.2, 0.25) is 0 Å². The molecule has 0 fully saturated rings. The van der Waals surface area contributed by atoms with E-state index in [2.05, 4.69) is 32.9 Å². The van der Waals surface area contributed by atoms with Crippen molar-refractivity contribution < 1.29 is 4.79 Å². The van der Waals surface area contributed by atoms with Gasteiger partial charge in [0.15, 0.2) is 0 Å². The second-order valence-corrected chi connectivity index (χ2v) is 6.57. The molecule has 1 N–H and O–H groups in total. The van der Waals surface area contributed by atoms with E-state index < -0.39 is 0 Å². The minimum Gasteiger partial charge on any atom is -0.347 e. The van der Waals surface area contributed by atoms with Crippen LogP contribution in [0.4, 0.5) is 0 Å². The molecule has 0 bridgehead atoms. The molecule has 2 rings (SSSR count). The number of aromatic nitrogens is 1. The molecular weight excluding hydrogens is 383 g/mol. The van der Waals surface area contributed by atoms with Crippen molar-refractivity contribution in [3.63, 3.8) is 0 Å². The number of rotatable bonds is 3. The van der Waals surface area contributed by atoms with Crippen LogP contribution in [0.25, 0.3) is 0 Å². The van der Waals surface area contributed by atoms with Gasteiger partial charge < -0.3 is 5.32 Å². The molecule has 0 atom stereocenters. The van der Waals surface area contributed by atoms with Gasteiger partial charge in [-0.3, -0.25) is 4.79 Å². The summed E-state index contributed by atoms with van der Waals surface area (Å²) >= 11 is 9.59. The van der Waals surface area contributed by atoms with Crippen LogP contribution < -0.4 is 5.32 Å². The van der Waals surface area contributed by atoms with Crippen LogP contribution in [0.3, 0.4) is 0 Å². The maximum Gasteiger partial charge on any atom is 0.252 e.